The normalized spacial score (nSPS) is 21.5. The summed E-state index contributed by atoms with van der Waals surface area (Å²) in [5, 5.41) is 0. The average molecular weight is 203 g/mol. The summed E-state index contributed by atoms with van der Waals surface area (Å²) in [7, 11) is 1.80. The van der Waals surface area contributed by atoms with Gasteiger partial charge in [0.25, 0.3) is 0 Å². The summed E-state index contributed by atoms with van der Waals surface area (Å²) in [5.74, 6) is 0.0992. The molecule has 78 valence electrons. The Hall–Kier alpha value is -1.71. The molecular formula is C11H13N3O. The number of pyridine rings is 1. The van der Waals surface area contributed by atoms with Crippen LogP contribution in [-0.4, -0.2) is 41.6 Å². The first-order chi connectivity index (χ1) is 7.27. The van der Waals surface area contributed by atoms with Crippen LogP contribution in [0.15, 0.2) is 29.4 Å². The number of carbonyl (C=O) groups is 1. The fourth-order valence-electron chi connectivity index (χ4n) is 1.56. The fourth-order valence-corrected chi connectivity index (χ4v) is 1.56. The van der Waals surface area contributed by atoms with Gasteiger partial charge in [-0.25, -0.2) is 0 Å². The summed E-state index contributed by atoms with van der Waals surface area (Å²) >= 11 is 0. The van der Waals surface area contributed by atoms with Crippen molar-refractivity contribution in [2.75, 3.05) is 13.6 Å². The molecule has 0 saturated carbocycles. The highest BCUT2D eigenvalue weighted by atomic mass is 16.2. The Kier molecular flexibility index (Phi) is 2.76. The van der Waals surface area contributed by atoms with Crippen molar-refractivity contribution < 1.29 is 4.79 Å². The number of amides is 1. The van der Waals surface area contributed by atoms with Gasteiger partial charge in [0.1, 0.15) is 6.04 Å². The molecule has 2 rings (SSSR count). The van der Waals surface area contributed by atoms with E-state index in [2.05, 4.69) is 9.98 Å². The molecule has 0 radical (unpaired) electrons. The monoisotopic (exact) mass is 203 g/mol. The van der Waals surface area contributed by atoms with Gasteiger partial charge in [0.2, 0.25) is 5.91 Å². The third-order valence-corrected chi connectivity index (χ3v) is 2.47. The Balaban J connectivity index is 2.04. The molecule has 0 bridgehead atoms. The predicted octanol–water partition coefficient (Wildman–Crippen LogP) is 0.731. The first kappa shape index (κ1) is 9.83. The van der Waals surface area contributed by atoms with Crippen LogP contribution < -0.4 is 0 Å². The van der Waals surface area contributed by atoms with E-state index in [0.29, 0.717) is 0 Å². The van der Waals surface area contributed by atoms with E-state index in [4.69, 9.17) is 0 Å². The van der Waals surface area contributed by atoms with Crippen LogP contribution in [0.1, 0.15) is 12.1 Å². The minimum Gasteiger partial charge on any atom is -0.344 e. The van der Waals surface area contributed by atoms with Crippen LogP contribution in [0.5, 0.6) is 0 Å². The average Bonchev–Trinajstić information content (AvgIpc) is 2.59. The van der Waals surface area contributed by atoms with Gasteiger partial charge in [0.15, 0.2) is 0 Å². The third kappa shape index (κ3) is 2.21. The van der Waals surface area contributed by atoms with Gasteiger partial charge >= 0.3 is 0 Å². The van der Waals surface area contributed by atoms with Gasteiger partial charge in [0, 0.05) is 26.0 Å². The summed E-state index contributed by atoms with van der Waals surface area (Å²) in [5.41, 5.74) is 0.792. The van der Waals surface area contributed by atoms with Crippen LogP contribution in [-0.2, 0) is 4.79 Å². The standard InChI is InChI=1S/C11H13N3O/c1-14-7-5-10(11(14)15)13-8-9-4-2-3-6-12-9/h2-4,6,8,10H,5,7H2,1H3/b13-8+. The second kappa shape index (κ2) is 4.21. The van der Waals surface area contributed by atoms with Gasteiger partial charge in [-0.1, -0.05) is 6.07 Å². The SMILES string of the molecule is CN1CCC(/N=C/c2ccccn2)C1=O. The number of carbonyl (C=O) groups excluding carboxylic acids is 1. The lowest BCUT2D eigenvalue weighted by Crippen LogP contribution is -2.24. The maximum Gasteiger partial charge on any atom is 0.247 e. The molecule has 1 atom stereocenters. The maximum absolute atomic E-state index is 11.5. The molecule has 2 heterocycles. The minimum absolute atomic E-state index is 0.0992. The molecule has 1 aliphatic heterocycles. The van der Waals surface area contributed by atoms with Crippen molar-refractivity contribution in [2.24, 2.45) is 4.99 Å². The zero-order valence-electron chi connectivity index (χ0n) is 8.63. The van der Waals surface area contributed by atoms with Crippen molar-refractivity contribution >= 4 is 12.1 Å². The number of rotatable bonds is 2. The van der Waals surface area contributed by atoms with E-state index < -0.39 is 0 Å². The molecule has 0 aliphatic carbocycles. The minimum atomic E-state index is -0.211. The van der Waals surface area contributed by atoms with Gasteiger partial charge < -0.3 is 4.90 Å². The zero-order chi connectivity index (χ0) is 10.7. The molecule has 1 aromatic heterocycles. The smallest absolute Gasteiger partial charge is 0.247 e. The zero-order valence-corrected chi connectivity index (χ0v) is 8.63. The number of likely N-dealkylation sites (N-methyl/N-ethyl adjacent to an activating group) is 1. The molecule has 1 aromatic rings. The largest absolute Gasteiger partial charge is 0.344 e. The van der Waals surface area contributed by atoms with Gasteiger partial charge in [-0.3, -0.25) is 14.8 Å². The van der Waals surface area contributed by atoms with Gasteiger partial charge in [-0.2, -0.15) is 0 Å². The van der Waals surface area contributed by atoms with Crippen LogP contribution in [0.4, 0.5) is 0 Å². The van der Waals surface area contributed by atoms with E-state index in [1.165, 1.54) is 0 Å². The van der Waals surface area contributed by atoms with Crippen LogP contribution in [0, 0.1) is 0 Å². The van der Waals surface area contributed by atoms with E-state index in [-0.39, 0.29) is 11.9 Å². The summed E-state index contributed by atoms with van der Waals surface area (Å²) < 4.78 is 0. The van der Waals surface area contributed by atoms with E-state index >= 15 is 0 Å². The highest BCUT2D eigenvalue weighted by Crippen LogP contribution is 2.11. The Morgan fingerprint density at radius 1 is 1.60 bits per heavy atom. The van der Waals surface area contributed by atoms with Crippen molar-refractivity contribution in [1.82, 2.24) is 9.88 Å². The first-order valence-electron chi connectivity index (χ1n) is 4.96. The van der Waals surface area contributed by atoms with Crippen LogP contribution >= 0.6 is 0 Å². The van der Waals surface area contributed by atoms with Crippen molar-refractivity contribution in [3.8, 4) is 0 Å². The quantitative estimate of drug-likeness (QED) is 0.665. The van der Waals surface area contributed by atoms with Crippen molar-refractivity contribution in [3.63, 3.8) is 0 Å². The summed E-state index contributed by atoms with van der Waals surface area (Å²) in [6, 6.07) is 5.41. The lowest BCUT2D eigenvalue weighted by molar-refractivity contribution is -0.127. The van der Waals surface area contributed by atoms with Crippen molar-refractivity contribution in [3.05, 3.63) is 30.1 Å². The number of aromatic nitrogens is 1. The molecule has 1 fully saturated rings. The fraction of sp³-hybridized carbons (Fsp3) is 0.364. The van der Waals surface area contributed by atoms with Gasteiger partial charge in [-0.05, 0) is 18.6 Å². The number of likely N-dealkylation sites (tertiary alicyclic amines) is 1. The Morgan fingerprint density at radius 3 is 3.07 bits per heavy atom. The summed E-state index contributed by atoms with van der Waals surface area (Å²) in [6.07, 6.45) is 4.18. The lowest BCUT2D eigenvalue weighted by Gasteiger charge is -2.06. The van der Waals surface area contributed by atoms with E-state index in [1.807, 2.05) is 18.2 Å². The van der Waals surface area contributed by atoms with E-state index in [0.717, 1.165) is 18.7 Å². The molecule has 0 aromatic carbocycles. The van der Waals surface area contributed by atoms with Crippen LogP contribution in [0.2, 0.25) is 0 Å². The molecule has 1 amide bonds. The lowest BCUT2D eigenvalue weighted by atomic mass is 10.2. The van der Waals surface area contributed by atoms with Crippen molar-refractivity contribution in [2.45, 2.75) is 12.5 Å². The number of aliphatic imine (C=N–C) groups is 1. The molecule has 0 spiro atoms. The third-order valence-electron chi connectivity index (χ3n) is 2.47. The predicted molar refractivity (Wildman–Crippen MR) is 57.9 cm³/mol. The molecule has 15 heavy (non-hydrogen) atoms. The Bertz CT molecular complexity index is 375. The highest BCUT2D eigenvalue weighted by Gasteiger charge is 2.27. The molecule has 1 aliphatic rings. The second-order valence-corrected chi connectivity index (χ2v) is 3.60. The second-order valence-electron chi connectivity index (χ2n) is 3.60. The van der Waals surface area contributed by atoms with E-state index in [9.17, 15) is 4.79 Å². The van der Waals surface area contributed by atoms with Crippen LogP contribution in [0.25, 0.3) is 0 Å². The van der Waals surface area contributed by atoms with Gasteiger partial charge in [-0.15, -0.1) is 0 Å². The highest BCUT2D eigenvalue weighted by molar-refractivity contribution is 5.87. The molecule has 1 saturated heterocycles. The summed E-state index contributed by atoms with van der Waals surface area (Å²) in [4.78, 5) is 21.6. The summed E-state index contributed by atoms with van der Waals surface area (Å²) in [6.45, 7) is 0.795. The topological polar surface area (TPSA) is 45.6 Å². The Labute approximate surface area is 88.7 Å². The number of nitrogens with zero attached hydrogens (tertiary/aromatic N) is 3. The van der Waals surface area contributed by atoms with E-state index in [1.54, 1.807) is 24.4 Å². The van der Waals surface area contributed by atoms with Crippen molar-refractivity contribution in [1.29, 1.82) is 0 Å². The van der Waals surface area contributed by atoms with Crippen LogP contribution in [0.3, 0.4) is 0 Å². The molecule has 4 heteroatoms. The molecule has 4 nitrogen and oxygen atoms in total. The maximum atomic E-state index is 11.5. The van der Waals surface area contributed by atoms with Gasteiger partial charge in [0.05, 0.1) is 5.69 Å². The molecule has 1 unspecified atom stereocenters. The molecule has 0 N–H and O–H groups in total. The first-order valence-corrected chi connectivity index (χ1v) is 4.96. The number of hydrogen-bond acceptors (Lipinski definition) is 3. The molecular weight excluding hydrogens is 190 g/mol. The number of hydrogen-bond donors (Lipinski definition) is 0. The Morgan fingerprint density at radius 2 is 2.47 bits per heavy atom.